The predicted octanol–water partition coefficient (Wildman–Crippen LogP) is 2.77. The van der Waals surface area contributed by atoms with Crippen LogP contribution < -0.4 is 5.32 Å². The molecule has 1 aliphatic heterocycles. The first kappa shape index (κ1) is 17.1. The van der Waals surface area contributed by atoms with Crippen LogP contribution in [0.15, 0.2) is 40.6 Å². The summed E-state index contributed by atoms with van der Waals surface area (Å²) in [5.74, 6) is -0.251. The summed E-state index contributed by atoms with van der Waals surface area (Å²) in [6.07, 6.45) is 1.78. The van der Waals surface area contributed by atoms with Gasteiger partial charge in [-0.25, -0.2) is 8.42 Å². The van der Waals surface area contributed by atoms with Crippen molar-refractivity contribution in [2.45, 2.75) is 31.2 Å². The van der Waals surface area contributed by atoms with E-state index >= 15 is 0 Å². The van der Waals surface area contributed by atoms with E-state index in [2.05, 4.69) is 5.32 Å². The maximum atomic E-state index is 12.7. The van der Waals surface area contributed by atoms with Crippen molar-refractivity contribution in [2.75, 3.05) is 13.1 Å². The number of hydrogen-bond donors (Lipinski definition) is 1. The summed E-state index contributed by atoms with van der Waals surface area (Å²) in [7, 11) is -3.51. The van der Waals surface area contributed by atoms with Gasteiger partial charge in [0, 0.05) is 23.5 Å². The Labute approximate surface area is 146 Å². The molecule has 0 bridgehead atoms. The van der Waals surface area contributed by atoms with Gasteiger partial charge in [-0.1, -0.05) is 12.1 Å². The second-order valence-corrected chi connectivity index (χ2v) is 8.82. The minimum absolute atomic E-state index is 0.191. The van der Waals surface area contributed by atoms with Crippen molar-refractivity contribution in [3.8, 4) is 0 Å². The number of benzene rings is 1. The summed E-state index contributed by atoms with van der Waals surface area (Å²) < 4.78 is 26.8. The van der Waals surface area contributed by atoms with Gasteiger partial charge in [-0.15, -0.1) is 11.3 Å². The molecule has 24 heavy (non-hydrogen) atoms. The molecule has 0 aliphatic carbocycles. The SMILES string of the molecule is Cc1ccc(S(=O)(=O)N2CCCC2)cc1C(=O)NCc1cccs1. The molecule has 0 spiro atoms. The molecule has 1 aliphatic rings. The topological polar surface area (TPSA) is 66.5 Å². The van der Waals surface area contributed by atoms with Crippen molar-refractivity contribution < 1.29 is 13.2 Å². The molecule has 5 nitrogen and oxygen atoms in total. The first-order chi connectivity index (χ1) is 11.5. The van der Waals surface area contributed by atoms with Gasteiger partial charge < -0.3 is 5.32 Å². The fraction of sp³-hybridized carbons (Fsp3) is 0.353. The van der Waals surface area contributed by atoms with E-state index in [0.29, 0.717) is 25.2 Å². The van der Waals surface area contributed by atoms with Crippen molar-refractivity contribution >= 4 is 27.3 Å². The highest BCUT2D eigenvalue weighted by atomic mass is 32.2. The Balaban J connectivity index is 1.82. The Kier molecular flexibility index (Phi) is 5.03. The summed E-state index contributed by atoms with van der Waals surface area (Å²) in [4.78, 5) is 13.7. The van der Waals surface area contributed by atoms with Gasteiger partial charge in [0.25, 0.3) is 5.91 Å². The van der Waals surface area contributed by atoms with Crippen LogP contribution in [0.4, 0.5) is 0 Å². The van der Waals surface area contributed by atoms with Crippen LogP contribution in [0.1, 0.15) is 33.6 Å². The lowest BCUT2D eigenvalue weighted by Gasteiger charge is -2.16. The Morgan fingerprint density at radius 3 is 2.67 bits per heavy atom. The highest BCUT2D eigenvalue weighted by molar-refractivity contribution is 7.89. The molecule has 1 aromatic carbocycles. The maximum absolute atomic E-state index is 12.7. The number of hydrogen-bond acceptors (Lipinski definition) is 4. The minimum atomic E-state index is -3.51. The highest BCUT2D eigenvalue weighted by Crippen LogP contribution is 2.23. The van der Waals surface area contributed by atoms with Crippen molar-refractivity contribution in [1.82, 2.24) is 9.62 Å². The molecule has 1 fully saturated rings. The molecule has 0 atom stereocenters. The van der Waals surface area contributed by atoms with Crippen molar-refractivity contribution in [2.24, 2.45) is 0 Å². The molecular formula is C17H20N2O3S2. The number of sulfonamides is 1. The van der Waals surface area contributed by atoms with Crippen LogP contribution in [-0.2, 0) is 16.6 Å². The minimum Gasteiger partial charge on any atom is -0.347 e. The van der Waals surface area contributed by atoms with E-state index in [9.17, 15) is 13.2 Å². The lowest BCUT2D eigenvalue weighted by molar-refractivity contribution is 0.0950. The molecular weight excluding hydrogens is 344 g/mol. The van der Waals surface area contributed by atoms with E-state index < -0.39 is 10.0 Å². The molecule has 7 heteroatoms. The molecule has 0 unspecified atom stereocenters. The van der Waals surface area contributed by atoms with Gasteiger partial charge in [-0.3, -0.25) is 4.79 Å². The summed E-state index contributed by atoms with van der Waals surface area (Å²) in [5.41, 5.74) is 1.17. The number of aryl methyl sites for hydroxylation is 1. The zero-order valence-electron chi connectivity index (χ0n) is 13.5. The first-order valence-electron chi connectivity index (χ1n) is 7.90. The molecule has 2 aromatic rings. The predicted molar refractivity (Wildman–Crippen MR) is 94.7 cm³/mol. The van der Waals surface area contributed by atoms with Gasteiger partial charge in [0.2, 0.25) is 10.0 Å². The van der Waals surface area contributed by atoms with Crippen LogP contribution in [0.5, 0.6) is 0 Å². The fourth-order valence-corrected chi connectivity index (χ4v) is 4.95. The van der Waals surface area contributed by atoms with Crippen LogP contribution in [-0.4, -0.2) is 31.7 Å². The largest absolute Gasteiger partial charge is 0.347 e. The zero-order chi connectivity index (χ0) is 17.2. The van der Waals surface area contributed by atoms with Gasteiger partial charge >= 0.3 is 0 Å². The van der Waals surface area contributed by atoms with Gasteiger partial charge in [-0.2, -0.15) is 4.31 Å². The average molecular weight is 364 g/mol. The lowest BCUT2D eigenvalue weighted by atomic mass is 10.1. The third kappa shape index (κ3) is 3.53. The van der Waals surface area contributed by atoms with E-state index in [1.165, 1.54) is 10.4 Å². The van der Waals surface area contributed by atoms with Crippen molar-refractivity contribution in [3.63, 3.8) is 0 Å². The smallest absolute Gasteiger partial charge is 0.251 e. The Morgan fingerprint density at radius 2 is 2.00 bits per heavy atom. The third-order valence-corrected chi connectivity index (χ3v) is 6.93. The quantitative estimate of drug-likeness (QED) is 0.887. The average Bonchev–Trinajstić information content (AvgIpc) is 3.26. The molecule has 2 heterocycles. The number of rotatable bonds is 5. The first-order valence-corrected chi connectivity index (χ1v) is 10.2. The highest BCUT2D eigenvalue weighted by Gasteiger charge is 2.28. The lowest BCUT2D eigenvalue weighted by Crippen LogP contribution is -2.28. The number of carbonyl (C=O) groups is 1. The number of thiophene rings is 1. The molecule has 1 amide bonds. The van der Waals surface area contributed by atoms with E-state index in [-0.39, 0.29) is 10.8 Å². The maximum Gasteiger partial charge on any atom is 0.251 e. The van der Waals surface area contributed by atoms with Crippen LogP contribution in [0, 0.1) is 6.92 Å². The summed E-state index contributed by atoms with van der Waals surface area (Å²) >= 11 is 1.57. The summed E-state index contributed by atoms with van der Waals surface area (Å²) in [6.45, 7) is 3.36. The van der Waals surface area contributed by atoms with E-state index in [4.69, 9.17) is 0 Å². The van der Waals surface area contributed by atoms with Crippen LogP contribution in [0.2, 0.25) is 0 Å². The molecule has 3 rings (SSSR count). The second-order valence-electron chi connectivity index (χ2n) is 5.85. The molecule has 0 saturated carbocycles. The third-order valence-electron chi connectivity index (χ3n) is 4.16. The van der Waals surface area contributed by atoms with Crippen LogP contribution in [0.25, 0.3) is 0 Å². The Morgan fingerprint density at radius 1 is 1.25 bits per heavy atom. The molecule has 1 N–H and O–H groups in total. The molecule has 128 valence electrons. The summed E-state index contributed by atoms with van der Waals surface area (Å²) in [5, 5.41) is 4.81. The molecule has 1 aromatic heterocycles. The van der Waals surface area contributed by atoms with Crippen LogP contribution in [0.3, 0.4) is 0 Å². The van der Waals surface area contributed by atoms with E-state index in [1.54, 1.807) is 23.5 Å². The van der Waals surface area contributed by atoms with Crippen molar-refractivity contribution in [3.05, 3.63) is 51.7 Å². The van der Waals surface area contributed by atoms with Gasteiger partial charge in [0.05, 0.1) is 11.4 Å². The van der Waals surface area contributed by atoms with E-state index in [1.807, 2.05) is 24.4 Å². The molecule has 0 radical (unpaired) electrons. The Hall–Kier alpha value is -1.70. The number of nitrogens with one attached hydrogen (secondary N) is 1. The Bertz CT molecular complexity index is 824. The molecule has 1 saturated heterocycles. The van der Waals surface area contributed by atoms with Crippen molar-refractivity contribution in [1.29, 1.82) is 0 Å². The number of amides is 1. The van der Waals surface area contributed by atoms with Gasteiger partial charge in [0.15, 0.2) is 0 Å². The normalized spacial score (nSPS) is 15.5. The summed E-state index contributed by atoms with van der Waals surface area (Å²) in [6, 6.07) is 8.65. The number of carbonyl (C=O) groups excluding carboxylic acids is 1. The standard InChI is InChI=1S/C17H20N2O3S2/c1-13-6-7-15(24(21,22)19-8-2-3-9-19)11-16(13)17(20)18-12-14-5-4-10-23-14/h4-7,10-11H,2-3,8-9,12H2,1H3,(H,18,20). The number of nitrogens with zero attached hydrogens (tertiary/aromatic N) is 1. The van der Waals surface area contributed by atoms with Crippen LogP contribution >= 0.6 is 11.3 Å². The monoisotopic (exact) mass is 364 g/mol. The zero-order valence-corrected chi connectivity index (χ0v) is 15.1. The second kappa shape index (κ2) is 7.04. The van der Waals surface area contributed by atoms with Gasteiger partial charge in [0.1, 0.15) is 0 Å². The van der Waals surface area contributed by atoms with E-state index in [0.717, 1.165) is 23.3 Å². The fourth-order valence-electron chi connectivity index (χ4n) is 2.76. The van der Waals surface area contributed by atoms with Gasteiger partial charge in [-0.05, 0) is 48.9 Å².